The number of hydrogen-bond donors (Lipinski definition) is 0. The maximum Gasteiger partial charge on any atom is 0.231 e. The van der Waals surface area contributed by atoms with E-state index in [4.69, 9.17) is 9.97 Å². The van der Waals surface area contributed by atoms with Crippen molar-refractivity contribution in [2.24, 2.45) is 11.8 Å². The molecule has 0 saturated heterocycles. The highest BCUT2D eigenvalue weighted by Crippen LogP contribution is 2.57. The number of allylic oxidation sites excluding steroid dienone is 9. The van der Waals surface area contributed by atoms with Crippen LogP contribution in [0.25, 0.3) is 44.8 Å². The van der Waals surface area contributed by atoms with E-state index in [0.717, 1.165) is 48.6 Å². The lowest BCUT2D eigenvalue weighted by Gasteiger charge is -2.35. The normalized spacial score (nSPS) is 23.8. The first kappa shape index (κ1) is 27.9. The predicted octanol–water partition coefficient (Wildman–Crippen LogP) is 10.7. The van der Waals surface area contributed by atoms with Crippen LogP contribution in [0.2, 0.25) is 0 Å². The maximum atomic E-state index is 5.54. The van der Waals surface area contributed by atoms with Crippen molar-refractivity contribution < 1.29 is 0 Å². The summed E-state index contributed by atoms with van der Waals surface area (Å²) in [5.41, 5.74) is 13.8. The molecule has 3 heterocycles. The number of para-hydroxylation sites is 1. The molecule has 3 aromatic carbocycles. The Morgan fingerprint density at radius 2 is 1.65 bits per heavy atom. The van der Waals surface area contributed by atoms with Crippen LogP contribution in [0.1, 0.15) is 55.8 Å². The summed E-state index contributed by atoms with van der Waals surface area (Å²) in [6.45, 7) is 4.70. The van der Waals surface area contributed by atoms with Gasteiger partial charge in [0.15, 0.2) is 0 Å². The highest BCUT2D eigenvalue weighted by atomic mass is 15.3. The Hall–Kier alpha value is -5.22. The van der Waals surface area contributed by atoms with E-state index >= 15 is 0 Å². The molecule has 1 aliphatic heterocycles. The van der Waals surface area contributed by atoms with Crippen molar-refractivity contribution >= 4 is 45.2 Å². The van der Waals surface area contributed by atoms with Crippen LogP contribution in [-0.4, -0.2) is 20.6 Å². The van der Waals surface area contributed by atoms with E-state index in [2.05, 4.69) is 145 Å². The van der Waals surface area contributed by atoms with Crippen LogP contribution in [0.5, 0.6) is 0 Å². The van der Waals surface area contributed by atoms with E-state index in [-0.39, 0.29) is 12.0 Å². The third-order valence-electron chi connectivity index (χ3n) is 11.2. The van der Waals surface area contributed by atoms with Crippen LogP contribution in [0.15, 0.2) is 126 Å². The molecule has 0 N–H and O–H groups in total. The summed E-state index contributed by atoms with van der Waals surface area (Å²) in [4.78, 5) is 13.5. The van der Waals surface area contributed by atoms with Gasteiger partial charge >= 0.3 is 0 Å². The molecule has 4 heteroatoms. The fraction of sp³-hybridized carbons (Fsp3) is 0.227. The van der Waals surface area contributed by atoms with Crippen molar-refractivity contribution in [1.29, 1.82) is 0 Å². The number of nitrogens with zero attached hydrogens (tertiary/aromatic N) is 4. The molecular weight excluding hydrogens is 585 g/mol. The van der Waals surface area contributed by atoms with E-state index in [9.17, 15) is 0 Å². The topological polar surface area (TPSA) is 34.0 Å². The smallest absolute Gasteiger partial charge is 0.231 e. The molecule has 0 spiro atoms. The lowest BCUT2D eigenvalue weighted by molar-refractivity contribution is 0.571. The van der Waals surface area contributed by atoms with E-state index < -0.39 is 0 Å². The minimum atomic E-state index is 0.0786. The van der Waals surface area contributed by atoms with E-state index in [1.165, 1.54) is 49.9 Å². The molecule has 234 valence electrons. The van der Waals surface area contributed by atoms with Crippen molar-refractivity contribution in [2.45, 2.75) is 51.5 Å². The van der Waals surface area contributed by atoms with Crippen LogP contribution in [0.3, 0.4) is 0 Å². The maximum absolute atomic E-state index is 5.54. The monoisotopic (exact) mass is 622 g/mol. The minimum Gasteiger partial charge on any atom is -0.308 e. The van der Waals surface area contributed by atoms with Crippen LogP contribution in [-0.2, 0) is 6.42 Å². The first-order chi connectivity index (χ1) is 23.7. The summed E-state index contributed by atoms with van der Waals surface area (Å²) in [5, 5.41) is 2.55. The summed E-state index contributed by atoms with van der Waals surface area (Å²) in [7, 11) is 0. The third-order valence-corrected chi connectivity index (χ3v) is 11.2. The third kappa shape index (κ3) is 4.01. The molecular formula is C44H38N4. The SMILES string of the molecule is CC1C=CC(n2c3ccccc3c3ccc4c(c32)N(c2nc3c(c(-c5ccccc5)n2)CCC=C3)C2C=CC3=C(C(C)CC=C3)C42)=CC1. The number of fused-ring (bicyclic) bond motifs is 9. The number of aromatic nitrogens is 3. The lowest BCUT2D eigenvalue weighted by Crippen LogP contribution is -2.34. The zero-order chi connectivity index (χ0) is 31.9. The number of hydrogen-bond acceptors (Lipinski definition) is 3. The largest absolute Gasteiger partial charge is 0.308 e. The molecule has 0 radical (unpaired) electrons. The van der Waals surface area contributed by atoms with Crippen LogP contribution >= 0.6 is 0 Å². The lowest BCUT2D eigenvalue weighted by atomic mass is 9.73. The Balaban J connectivity index is 1.31. The highest BCUT2D eigenvalue weighted by molar-refractivity contribution is 6.16. The van der Waals surface area contributed by atoms with Crippen LogP contribution in [0, 0.1) is 11.8 Å². The molecule has 0 bridgehead atoms. The summed E-state index contributed by atoms with van der Waals surface area (Å²) in [5.74, 6) is 2.01. The molecule has 0 fully saturated rings. The zero-order valence-corrected chi connectivity index (χ0v) is 27.5. The van der Waals surface area contributed by atoms with Gasteiger partial charge in [0.05, 0.1) is 34.2 Å². The molecule has 4 atom stereocenters. The second-order valence-electron chi connectivity index (χ2n) is 14.1. The predicted molar refractivity (Wildman–Crippen MR) is 199 cm³/mol. The van der Waals surface area contributed by atoms with Gasteiger partial charge < -0.3 is 9.47 Å². The van der Waals surface area contributed by atoms with Crippen LogP contribution < -0.4 is 4.90 Å². The molecule has 10 rings (SSSR count). The van der Waals surface area contributed by atoms with Crippen molar-refractivity contribution in [3.8, 4) is 11.3 Å². The summed E-state index contributed by atoms with van der Waals surface area (Å²) < 4.78 is 2.52. The van der Waals surface area contributed by atoms with Crippen molar-refractivity contribution in [2.75, 3.05) is 4.90 Å². The zero-order valence-electron chi connectivity index (χ0n) is 27.5. The van der Waals surface area contributed by atoms with Gasteiger partial charge in [-0.2, -0.15) is 0 Å². The minimum absolute atomic E-state index is 0.0786. The molecule has 4 unspecified atom stereocenters. The number of anilines is 2. The van der Waals surface area contributed by atoms with E-state index in [0.29, 0.717) is 11.8 Å². The first-order valence-electron chi connectivity index (χ1n) is 17.6. The Labute approximate surface area is 281 Å². The second-order valence-corrected chi connectivity index (χ2v) is 14.1. The molecule has 5 aliphatic rings. The summed E-state index contributed by atoms with van der Waals surface area (Å²) >= 11 is 0. The van der Waals surface area contributed by atoms with Gasteiger partial charge in [-0.3, -0.25) is 0 Å². The van der Waals surface area contributed by atoms with Gasteiger partial charge in [0.2, 0.25) is 5.95 Å². The Kier molecular flexibility index (Phi) is 6.18. The summed E-state index contributed by atoms with van der Waals surface area (Å²) in [6.07, 6.45) is 25.1. The van der Waals surface area contributed by atoms with Gasteiger partial charge in [-0.1, -0.05) is 117 Å². The Bertz CT molecular complexity index is 2340. The average Bonchev–Trinajstić information content (AvgIpc) is 3.65. The fourth-order valence-corrected chi connectivity index (χ4v) is 8.96. The quantitative estimate of drug-likeness (QED) is 0.201. The average molecular weight is 623 g/mol. The molecule has 0 amide bonds. The van der Waals surface area contributed by atoms with Gasteiger partial charge in [0, 0.05) is 33.5 Å². The van der Waals surface area contributed by atoms with Gasteiger partial charge in [-0.25, -0.2) is 9.97 Å². The van der Waals surface area contributed by atoms with Gasteiger partial charge in [-0.15, -0.1) is 0 Å². The molecule has 48 heavy (non-hydrogen) atoms. The van der Waals surface area contributed by atoms with Crippen molar-refractivity contribution in [1.82, 2.24) is 14.5 Å². The van der Waals surface area contributed by atoms with Gasteiger partial charge in [0.25, 0.3) is 0 Å². The Morgan fingerprint density at radius 1 is 0.771 bits per heavy atom. The Morgan fingerprint density at radius 3 is 2.52 bits per heavy atom. The highest BCUT2D eigenvalue weighted by Gasteiger charge is 2.46. The van der Waals surface area contributed by atoms with Crippen molar-refractivity contribution in [3.63, 3.8) is 0 Å². The standard InChI is InChI=1S/C44H38N4/c1-27-19-22-31(23-20-27)47-37-18-9-7-15-32(37)33-24-25-35-40-38(26-21-29-14-10-11-28(2)39(29)40)48(43(35)42(33)47)44-45-36-17-8-6-16-34(36)41(46-44)30-12-4-3-5-13-30/h3-5,7-10,12-15,17-19,21-28,38,40H,6,11,16,20H2,1-2H3. The van der Waals surface area contributed by atoms with Crippen molar-refractivity contribution in [3.05, 3.63) is 143 Å². The molecule has 4 nitrogen and oxygen atoms in total. The van der Waals surface area contributed by atoms with Gasteiger partial charge in [-0.05, 0) is 72.4 Å². The van der Waals surface area contributed by atoms with Gasteiger partial charge in [0.1, 0.15) is 0 Å². The molecule has 2 aromatic heterocycles. The fourth-order valence-electron chi connectivity index (χ4n) is 8.96. The molecule has 5 aromatic rings. The van der Waals surface area contributed by atoms with E-state index in [1.54, 1.807) is 5.57 Å². The first-order valence-corrected chi connectivity index (χ1v) is 17.6. The molecule has 4 aliphatic carbocycles. The second kappa shape index (κ2) is 10.6. The number of benzene rings is 3. The number of rotatable bonds is 3. The van der Waals surface area contributed by atoms with E-state index in [1.807, 2.05) is 0 Å². The molecule has 0 saturated carbocycles. The van der Waals surface area contributed by atoms with Crippen LogP contribution in [0.4, 0.5) is 11.6 Å². The summed E-state index contributed by atoms with van der Waals surface area (Å²) in [6, 6.07) is 24.5.